The lowest BCUT2D eigenvalue weighted by Crippen LogP contribution is -2.32. The summed E-state index contributed by atoms with van der Waals surface area (Å²) in [6.07, 6.45) is 0. The fourth-order valence-corrected chi connectivity index (χ4v) is 3.69. The van der Waals surface area contributed by atoms with Crippen molar-refractivity contribution in [1.29, 1.82) is 0 Å². The quantitative estimate of drug-likeness (QED) is 0.504. The van der Waals surface area contributed by atoms with Crippen LogP contribution >= 0.6 is 15.9 Å². The van der Waals surface area contributed by atoms with Crippen LogP contribution < -0.4 is 15.4 Å². The summed E-state index contributed by atoms with van der Waals surface area (Å²) in [5.41, 5.74) is 5.26. The predicted molar refractivity (Wildman–Crippen MR) is 122 cm³/mol. The van der Waals surface area contributed by atoms with Gasteiger partial charge in [0.2, 0.25) is 5.91 Å². The molecule has 0 bridgehead atoms. The number of aryl methyl sites for hydroxylation is 2. The van der Waals surface area contributed by atoms with Crippen LogP contribution in [0.15, 0.2) is 71.2 Å². The van der Waals surface area contributed by atoms with Crippen LogP contribution in [-0.2, 0) is 4.79 Å². The van der Waals surface area contributed by atoms with Crippen molar-refractivity contribution in [2.75, 3.05) is 19.0 Å². The number of benzene rings is 3. The number of hydrogen-bond acceptors (Lipinski definition) is 3. The number of hydrogen-bond donors (Lipinski definition) is 2. The lowest BCUT2D eigenvalue weighted by Gasteiger charge is -2.20. The summed E-state index contributed by atoms with van der Waals surface area (Å²) in [5.74, 6) is 0.707. The zero-order chi connectivity index (χ0) is 20.8. The standard InChI is InChI=1S/C24H25BrN2O2/c1-16-4-7-18(8-5-16)24(19-9-11-20(29-3)12-10-19)26-15-23(28)27-22-13-6-17(2)14-21(22)25/h4-14,24,26H,15H2,1-3H3,(H,27,28). The second-order valence-corrected chi connectivity index (χ2v) is 7.88. The van der Waals surface area contributed by atoms with E-state index in [-0.39, 0.29) is 18.5 Å². The molecule has 2 N–H and O–H groups in total. The van der Waals surface area contributed by atoms with Crippen LogP contribution in [0.25, 0.3) is 0 Å². The molecule has 0 saturated carbocycles. The van der Waals surface area contributed by atoms with Gasteiger partial charge in [0.1, 0.15) is 5.75 Å². The minimum atomic E-state index is -0.103. The van der Waals surface area contributed by atoms with Crippen molar-refractivity contribution >= 4 is 27.5 Å². The monoisotopic (exact) mass is 452 g/mol. The van der Waals surface area contributed by atoms with Gasteiger partial charge in [0.15, 0.2) is 0 Å². The maximum Gasteiger partial charge on any atom is 0.238 e. The average molecular weight is 453 g/mol. The molecule has 29 heavy (non-hydrogen) atoms. The molecule has 5 heteroatoms. The Bertz CT molecular complexity index is 969. The van der Waals surface area contributed by atoms with Gasteiger partial charge in [0.25, 0.3) is 0 Å². The number of rotatable bonds is 7. The van der Waals surface area contributed by atoms with E-state index in [4.69, 9.17) is 4.74 Å². The number of halogens is 1. The van der Waals surface area contributed by atoms with E-state index in [0.29, 0.717) is 0 Å². The maximum atomic E-state index is 12.6. The van der Waals surface area contributed by atoms with Crippen LogP contribution in [0.3, 0.4) is 0 Å². The Morgan fingerprint density at radius 3 is 2.10 bits per heavy atom. The fraction of sp³-hybridized carbons (Fsp3) is 0.208. The predicted octanol–water partition coefficient (Wildman–Crippen LogP) is 5.39. The highest BCUT2D eigenvalue weighted by Crippen LogP contribution is 2.25. The van der Waals surface area contributed by atoms with Crippen molar-refractivity contribution in [3.05, 3.63) is 93.5 Å². The Morgan fingerprint density at radius 1 is 0.931 bits per heavy atom. The third-order valence-corrected chi connectivity index (χ3v) is 5.38. The first-order valence-corrected chi connectivity index (χ1v) is 10.3. The third kappa shape index (κ3) is 5.68. The van der Waals surface area contributed by atoms with Crippen LogP contribution in [0, 0.1) is 13.8 Å². The van der Waals surface area contributed by atoms with Crippen molar-refractivity contribution in [3.8, 4) is 5.75 Å². The Hall–Kier alpha value is -2.63. The van der Waals surface area contributed by atoms with Crippen molar-refractivity contribution in [1.82, 2.24) is 5.32 Å². The summed E-state index contributed by atoms with van der Waals surface area (Å²) in [5, 5.41) is 6.35. The van der Waals surface area contributed by atoms with Gasteiger partial charge in [-0.1, -0.05) is 48.0 Å². The van der Waals surface area contributed by atoms with Gasteiger partial charge in [0, 0.05) is 4.47 Å². The maximum absolute atomic E-state index is 12.6. The first-order chi connectivity index (χ1) is 14.0. The third-order valence-electron chi connectivity index (χ3n) is 4.73. The summed E-state index contributed by atoms with van der Waals surface area (Å²) in [6, 6.07) is 22.0. The molecule has 0 aliphatic rings. The molecule has 0 fully saturated rings. The van der Waals surface area contributed by atoms with Crippen LogP contribution in [0.2, 0.25) is 0 Å². The summed E-state index contributed by atoms with van der Waals surface area (Å²) >= 11 is 3.50. The van der Waals surface area contributed by atoms with E-state index in [9.17, 15) is 4.79 Å². The molecule has 3 rings (SSSR count). The van der Waals surface area contributed by atoms with Gasteiger partial charge in [-0.15, -0.1) is 0 Å². The molecule has 0 aromatic heterocycles. The Balaban J connectivity index is 1.75. The molecule has 1 unspecified atom stereocenters. The van der Waals surface area contributed by atoms with Gasteiger partial charge in [0.05, 0.1) is 25.4 Å². The van der Waals surface area contributed by atoms with Crippen molar-refractivity contribution < 1.29 is 9.53 Å². The number of ether oxygens (including phenoxy) is 1. The number of methoxy groups -OCH3 is 1. The second kappa shape index (κ2) is 9.72. The Morgan fingerprint density at radius 2 is 1.52 bits per heavy atom. The molecular weight excluding hydrogens is 428 g/mol. The van der Waals surface area contributed by atoms with Gasteiger partial charge in [-0.05, 0) is 70.7 Å². The van der Waals surface area contributed by atoms with E-state index in [2.05, 4.69) is 57.8 Å². The minimum Gasteiger partial charge on any atom is -0.497 e. The second-order valence-electron chi connectivity index (χ2n) is 7.03. The molecular formula is C24H25BrN2O2. The van der Waals surface area contributed by atoms with Gasteiger partial charge < -0.3 is 10.1 Å². The van der Waals surface area contributed by atoms with Gasteiger partial charge >= 0.3 is 0 Å². The van der Waals surface area contributed by atoms with Gasteiger partial charge in [-0.25, -0.2) is 0 Å². The molecule has 1 atom stereocenters. The van der Waals surface area contributed by atoms with E-state index in [0.717, 1.165) is 32.6 Å². The first kappa shape index (κ1) is 21.1. The highest BCUT2D eigenvalue weighted by Gasteiger charge is 2.16. The highest BCUT2D eigenvalue weighted by molar-refractivity contribution is 9.10. The number of carbonyl (C=O) groups is 1. The lowest BCUT2D eigenvalue weighted by molar-refractivity contribution is -0.115. The SMILES string of the molecule is COc1ccc(C(NCC(=O)Nc2ccc(C)cc2Br)c2ccc(C)cc2)cc1. The van der Waals surface area contributed by atoms with E-state index < -0.39 is 0 Å². The number of carbonyl (C=O) groups excluding carboxylic acids is 1. The highest BCUT2D eigenvalue weighted by atomic mass is 79.9. The Labute approximate surface area is 180 Å². The topological polar surface area (TPSA) is 50.4 Å². The molecule has 0 spiro atoms. The molecule has 4 nitrogen and oxygen atoms in total. The fourth-order valence-electron chi connectivity index (χ4n) is 3.09. The minimum absolute atomic E-state index is 0.0971. The van der Waals surface area contributed by atoms with Crippen LogP contribution in [0.1, 0.15) is 28.3 Å². The van der Waals surface area contributed by atoms with Crippen LogP contribution in [-0.4, -0.2) is 19.6 Å². The molecule has 1 amide bonds. The van der Waals surface area contributed by atoms with E-state index in [1.165, 1.54) is 5.56 Å². The summed E-state index contributed by atoms with van der Waals surface area (Å²) < 4.78 is 6.14. The number of anilines is 1. The largest absolute Gasteiger partial charge is 0.497 e. The summed E-state index contributed by atoms with van der Waals surface area (Å²) in [4.78, 5) is 12.6. The zero-order valence-corrected chi connectivity index (χ0v) is 18.4. The Kier molecular flexibility index (Phi) is 7.07. The molecule has 0 aliphatic carbocycles. The number of amides is 1. The van der Waals surface area contributed by atoms with Crippen LogP contribution in [0.5, 0.6) is 5.75 Å². The molecule has 0 aliphatic heterocycles. The average Bonchev–Trinajstić information content (AvgIpc) is 2.72. The van der Waals surface area contributed by atoms with Crippen molar-refractivity contribution in [2.45, 2.75) is 19.9 Å². The van der Waals surface area contributed by atoms with Gasteiger partial charge in [-0.2, -0.15) is 0 Å². The molecule has 0 radical (unpaired) electrons. The normalized spacial score (nSPS) is 11.7. The number of nitrogens with one attached hydrogen (secondary N) is 2. The zero-order valence-electron chi connectivity index (χ0n) is 16.8. The molecule has 0 heterocycles. The van der Waals surface area contributed by atoms with Crippen molar-refractivity contribution in [2.24, 2.45) is 0 Å². The molecule has 3 aromatic rings. The van der Waals surface area contributed by atoms with Gasteiger partial charge in [-0.3, -0.25) is 10.1 Å². The first-order valence-electron chi connectivity index (χ1n) is 9.46. The van der Waals surface area contributed by atoms with E-state index in [1.807, 2.05) is 49.4 Å². The lowest BCUT2D eigenvalue weighted by atomic mass is 9.97. The van der Waals surface area contributed by atoms with E-state index >= 15 is 0 Å². The van der Waals surface area contributed by atoms with E-state index in [1.54, 1.807) is 7.11 Å². The van der Waals surface area contributed by atoms with Crippen LogP contribution in [0.4, 0.5) is 5.69 Å². The molecule has 0 saturated heterocycles. The summed E-state index contributed by atoms with van der Waals surface area (Å²) in [6.45, 7) is 4.26. The van der Waals surface area contributed by atoms with Crippen molar-refractivity contribution in [3.63, 3.8) is 0 Å². The smallest absolute Gasteiger partial charge is 0.238 e. The molecule has 3 aromatic carbocycles. The summed E-state index contributed by atoms with van der Waals surface area (Å²) in [7, 11) is 1.65. The molecule has 150 valence electrons.